The summed E-state index contributed by atoms with van der Waals surface area (Å²) in [6.45, 7) is 0.998. The van der Waals surface area contributed by atoms with Crippen LogP contribution in [0.2, 0.25) is 0 Å². The van der Waals surface area contributed by atoms with E-state index in [1.165, 1.54) is 32.2 Å². The molecule has 0 aliphatic heterocycles. The molecule has 2 aromatic carbocycles. The Bertz CT molecular complexity index is 1170. The molecule has 0 saturated carbocycles. The molecule has 31 heavy (non-hydrogen) atoms. The quantitative estimate of drug-likeness (QED) is 0.563. The third-order valence-corrected chi connectivity index (χ3v) is 4.50. The molecule has 0 aliphatic rings. The number of amides is 3. The van der Waals surface area contributed by atoms with E-state index in [0.717, 1.165) is 11.2 Å². The fourth-order valence-electron chi connectivity index (χ4n) is 2.67. The number of nitrogens with zero attached hydrogens (tertiary/aromatic N) is 1. The molecule has 0 radical (unpaired) electrons. The zero-order valence-electron chi connectivity index (χ0n) is 17.2. The van der Waals surface area contributed by atoms with Crippen molar-refractivity contribution >= 4 is 44.8 Å². The van der Waals surface area contributed by atoms with Crippen molar-refractivity contribution in [3.05, 3.63) is 53.6 Å². The average Bonchev–Trinajstić information content (AvgIpc) is 2.67. The minimum absolute atomic E-state index is 0.0237. The second-order valence-corrected chi connectivity index (χ2v) is 8.50. The molecule has 2 rings (SSSR count). The first-order valence-corrected chi connectivity index (χ1v) is 10.9. The monoisotopic (exact) mass is 442 g/mol. The Labute approximate surface area is 180 Å². The van der Waals surface area contributed by atoms with Crippen LogP contribution < -0.4 is 15.4 Å². The molecule has 0 aromatic heterocycles. The summed E-state index contributed by atoms with van der Waals surface area (Å²) >= 11 is 0. The van der Waals surface area contributed by atoms with Gasteiger partial charge < -0.3 is 15.5 Å². The standard InChI is InChI=1S/C21H22N4O5S/c1-5-15-7-6-8-16(11-15)23-20(27)13-25(3)21(28)18-12-17(22-14(2)26)9-10-19(18)24-31(4,29)30/h1,6-12,24H,13H2,2-4H3,(H,22,26)(H,23,27). The number of sulfonamides is 1. The maximum Gasteiger partial charge on any atom is 0.256 e. The van der Waals surface area contributed by atoms with Crippen LogP contribution in [-0.4, -0.2) is 50.9 Å². The molecule has 162 valence electrons. The summed E-state index contributed by atoms with van der Waals surface area (Å²) in [7, 11) is -2.27. The lowest BCUT2D eigenvalue weighted by Crippen LogP contribution is -2.35. The van der Waals surface area contributed by atoms with Gasteiger partial charge >= 0.3 is 0 Å². The highest BCUT2D eigenvalue weighted by Gasteiger charge is 2.21. The number of carbonyl (C=O) groups excluding carboxylic acids is 3. The van der Waals surface area contributed by atoms with E-state index in [9.17, 15) is 22.8 Å². The summed E-state index contributed by atoms with van der Waals surface area (Å²) in [4.78, 5) is 37.8. The summed E-state index contributed by atoms with van der Waals surface area (Å²) in [5.74, 6) is 1.01. The number of terminal acetylenes is 1. The van der Waals surface area contributed by atoms with Gasteiger partial charge in [-0.1, -0.05) is 12.0 Å². The Balaban J connectivity index is 2.23. The molecule has 3 N–H and O–H groups in total. The second kappa shape index (κ2) is 9.77. The Kier molecular flexibility index (Phi) is 7.39. The summed E-state index contributed by atoms with van der Waals surface area (Å²) < 4.78 is 25.6. The summed E-state index contributed by atoms with van der Waals surface area (Å²) in [5, 5.41) is 5.18. The summed E-state index contributed by atoms with van der Waals surface area (Å²) in [6.07, 6.45) is 6.29. The number of nitrogens with one attached hydrogen (secondary N) is 3. The highest BCUT2D eigenvalue weighted by Crippen LogP contribution is 2.23. The van der Waals surface area contributed by atoms with Gasteiger partial charge in [0, 0.05) is 30.9 Å². The van der Waals surface area contributed by atoms with Crippen LogP contribution in [-0.2, 0) is 19.6 Å². The molecule has 9 nitrogen and oxygen atoms in total. The minimum atomic E-state index is -3.67. The van der Waals surface area contributed by atoms with Crippen LogP contribution in [0.15, 0.2) is 42.5 Å². The molecule has 0 aliphatic carbocycles. The lowest BCUT2D eigenvalue weighted by atomic mass is 10.1. The average molecular weight is 442 g/mol. The van der Waals surface area contributed by atoms with Crippen LogP contribution in [0.3, 0.4) is 0 Å². The van der Waals surface area contributed by atoms with Crippen molar-refractivity contribution in [1.82, 2.24) is 4.90 Å². The van der Waals surface area contributed by atoms with E-state index >= 15 is 0 Å². The minimum Gasteiger partial charge on any atom is -0.332 e. The van der Waals surface area contributed by atoms with Crippen LogP contribution in [0, 0.1) is 12.3 Å². The normalized spacial score (nSPS) is 10.5. The van der Waals surface area contributed by atoms with Crippen LogP contribution in [0.25, 0.3) is 0 Å². The zero-order chi connectivity index (χ0) is 23.2. The second-order valence-electron chi connectivity index (χ2n) is 6.75. The van der Waals surface area contributed by atoms with E-state index in [2.05, 4.69) is 21.3 Å². The van der Waals surface area contributed by atoms with Gasteiger partial charge in [-0.05, 0) is 36.4 Å². The molecular formula is C21H22N4O5S. The van der Waals surface area contributed by atoms with Crippen molar-refractivity contribution < 1.29 is 22.8 Å². The predicted octanol–water partition coefficient (Wildman–Crippen LogP) is 1.71. The molecule has 10 heteroatoms. The lowest BCUT2D eigenvalue weighted by molar-refractivity contribution is -0.116. The maximum atomic E-state index is 12.9. The van der Waals surface area contributed by atoms with E-state index in [-0.39, 0.29) is 23.7 Å². The van der Waals surface area contributed by atoms with Gasteiger partial charge in [-0.25, -0.2) is 8.42 Å². The molecule has 0 heterocycles. The zero-order valence-corrected chi connectivity index (χ0v) is 18.0. The van der Waals surface area contributed by atoms with Crippen LogP contribution in [0.1, 0.15) is 22.8 Å². The van der Waals surface area contributed by atoms with Crippen LogP contribution >= 0.6 is 0 Å². The van der Waals surface area contributed by atoms with E-state index in [1.54, 1.807) is 24.3 Å². The highest BCUT2D eigenvalue weighted by molar-refractivity contribution is 7.92. The van der Waals surface area contributed by atoms with Crippen molar-refractivity contribution in [3.63, 3.8) is 0 Å². The smallest absolute Gasteiger partial charge is 0.256 e. The number of hydrogen-bond donors (Lipinski definition) is 3. The summed E-state index contributed by atoms with van der Waals surface area (Å²) in [6, 6.07) is 10.8. The Morgan fingerprint density at radius 3 is 2.35 bits per heavy atom. The van der Waals surface area contributed by atoms with Crippen molar-refractivity contribution in [2.24, 2.45) is 0 Å². The van der Waals surface area contributed by atoms with Gasteiger partial charge in [0.15, 0.2) is 0 Å². The van der Waals surface area contributed by atoms with Crippen molar-refractivity contribution in [1.29, 1.82) is 0 Å². The summed E-state index contributed by atoms with van der Waals surface area (Å²) in [5.41, 5.74) is 1.37. The Morgan fingerprint density at radius 1 is 1.06 bits per heavy atom. The number of benzene rings is 2. The molecule has 0 atom stereocenters. The number of hydrogen-bond acceptors (Lipinski definition) is 5. The Hall–Kier alpha value is -3.84. The van der Waals surface area contributed by atoms with Crippen molar-refractivity contribution in [3.8, 4) is 12.3 Å². The first-order chi connectivity index (χ1) is 14.5. The van der Waals surface area contributed by atoms with E-state index in [0.29, 0.717) is 16.9 Å². The third kappa shape index (κ3) is 7.17. The van der Waals surface area contributed by atoms with Crippen molar-refractivity contribution in [2.75, 3.05) is 35.2 Å². The fourth-order valence-corrected chi connectivity index (χ4v) is 3.25. The van der Waals surface area contributed by atoms with Gasteiger partial charge in [-0.3, -0.25) is 19.1 Å². The first-order valence-electron chi connectivity index (χ1n) is 9.00. The van der Waals surface area contributed by atoms with Gasteiger partial charge in [0.1, 0.15) is 0 Å². The molecule has 0 spiro atoms. The predicted molar refractivity (Wildman–Crippen MR) is 119 cm³/mol. The van der Waals surface area contributed by atoms with Crippen LogP contribution in [0.5, 0.6) is 0 Å². The topological polar surface area (TPSA) is 125 Å². The third-order valence-electron chi connectivity index (χ3n) is 3.91. The van der Waals surface area contributed by atoms with Crippen molar-refractivity contribution in [2.45, 2.75) is 6.92 Å². The maximum absolute atomic E-state index is 12.9. The van der Waals surface area contributed by atoms with E-state index < -0.39 is 21.8 Å². The number of carbonyl (C=O) groups is 3. The number of rotatable bonds is 7. The highest BCUT2D eigenvalue weighted by atomic mass is 32.2. The largest absolute Gasteiger partial charge is 0.332 e. The van der Waals surface area contributed by atoms with Gasteiger partial charge in [0.05, 0.1) is 24.1 Å². The van der Waals surface area contributed by atoms with Gasteiger partial charge in [0.25, 0.3) is 5.91 Å². The molecule has 0 fully saturated rings. The molecule has 3 amide bonds. The first kappa shape index (κ1) is 23.4. The number of likely N-dealkylation sites (N-methyl/N-ethyl adjacent to an activating group) is 1. The lowest BCUT2D eigenvalue weighted by Gasteiger charge is -2.20. The molecule has 2 aromatic rings. The van der Waals surface area contributed by atoms with Gasteiger partial charge in [-0.15, -0.1) is 6.42 Å². The van der Waals surface area contributed by atoms with Gasteiger partial charge in [-0.2, -0.15) is 0 Å². The fraction of sp³-hybridized carbons (Fsp3) is 0.190. The van der Waals surface area contributed by atoms with E-state index in [1.807, 2.05) is 0 Å². The van der Waals surface area contributed by atoms with Crippen LogP contribution in [0.4, 0.5) is 17.1 Å². The SMILES string of the molecule is C#Cc1cccc(NC(=O)CN(C)C(=O)c2cc(NC(C)=O)ccc2NS(C)(=O)=O)c1. The number of anilines is 3. The molecular weight excluding hydrogens is 420 g/mol. The molecule has 0 bridgehead atoms. The van der Waals surface area contributed by atoms with E-state index in [4.69, 9.17) is 6.42 Å². The van der Waals surface area contributed by atoms with Gasteiger partial charge in [0.2, 0.25) is 21.8 Å². The Morgan fingerprint density at radius 2 is 1.74 bits per heavy atom. The molecule has 0 saturated heterocycles. The molecule has 0 unspecified atom stereocenters.